The van der Waals surface area contributed by atoms with Crippen LogP contribution in [0.3, 0.4) is 0 Å². The number of piperidine rings is 1. The van der Waals surface area contributed by atoms with Crippen molar-refractivity contribution in [2.24, 2.45) is 11.8 Å². The Bertz CT molecular complexity index is 635. The molecule has 0 atom stereocenters. The van der Waals surface area contributed by atoms with E-state index >= 15 is 0 Å². The van der Waals surface area contributed by atoms with Gasteiger partial charge in [-0.2, -0.15) is 0 Å². The molecule has 1 aromatic carbocycles. The topological polar surface area (TPSA) is 60.9 Å². The number of halogens is 1. The minimum absolute atomic E-state index is 0.0151. The quantitative estimate of drug-likeness (QED) is 0.830. The number of rotatable bonds is 6. The van der Waals surface area contributed by atoms with Crippen LogP contribution in [0.1, 0.15) is 44.1 Å². The number of amides is 2. The van der Waals surface area contributed by atoms with Crippen LogP contribution in [-0.2, 0) is 16.1 Å². The fraction of sp³-hybridized carbons (Fsp3) is 0.619. The largest absolute Gasteiger partial charge is 0.395 e. The first-order valence-corrected chi connectivity index (χ1v) is 10.0. The predicted molar refractivity (Wildman–Crippen MR) is 100 cm³/mol. The van der Waals surface area contributed by atoms with Gasteiger partial charge in [0.25, 0.3) is 0 Å². The van der Waals surface area contributed by atoms with E-state index in [1.807, 2.05) is 4.90 Å². The number of benzene rings is 1. The molecule has 0 radical (unpaired) electrons. The zero-order valence-corrected chi connectivity index (χ0v) is 15.8. The Morgan fingerprint density at radius 1 is 1.04 bits per heavy atom. The van der Waals surface area contributed by atoms with E-state index in [4.69, 9.17) is 0 Å². The van der Waals surface area contributed by atoms with E-state index in [0.717, 1.165) is 31.2 Å². The minimum Gasteiger partial charge on any atom is -0.395 e. The summed E-state index contributed by atoms with van der Waals surface area (Å²) in [6, 6.07) is 6.08. The Kier molecular flexibility index (Phi) is 6.83. The molecule has 1 aromatic rings. The summed E-state index contributed by atoms with van der Waals surface area (Å²) in [5.74, 6) is 0.0302. The number of likely N-dealkylation sites (tertiary alicyclic amines) is 1. The van der Waals surface area contributed by atoms with Crippen molar-refractivity contribution < 1.29 is 19.1 Å². The predicted octanol–water partition coefficient (Wildman–Crippen LogP) is 2.58. The molecule has 27 heavy (non-hydrogen) atoms. The lowest BCUT2D eigenvalue weighted by molar-refractivity contribution is -0.143. The molecule has 1 aliphatic heterocycles. The van der Waals surface area contributed by atoms with Gasteiger partial charge < -0.3 is 14.9 Å². The van der Waals surface area contributed by atoms with E-state index in [1.54, 1.807) is 17.0 Å². The van der Waals surface area contributed by atoms with Crippen LogP contribution in [0.4, 0.5) is 4.39 Å². The zero-order valence-electron chi connectivity index (χ0n) is 15.8. The molecule has 5 nitrogen and oxygen atoms in total. The Balaban J connectivity index is 1.55. The molecule has 1 saturated heterocycles. The Morgan fingerprint density at radius 3 is 2.26 bits per heavy atom. The second kappa shape index (κ2) is 9.31. The van der Waals surface area contributed by atoms with E-state index in [1.165, 1.54) is 12.1 Å². The van der Waals surface area contributed by atoms with Crippen molar-refractivity contribution >= 4 is 11.8 Å². The van der Waals surface area contributed by atoms with E-state index in [0.29, 0.717) is 32.5 Å². The van der Waals surface area contributed by atoms with E-state index in [9.17, 15) is 19.1 Å². The molecule has 0 aromatic heterocycles. The second-order valence-electron chi connectivity index (χ2n) is 7.69. The number of aliphatic hydroxyl groups excluding tert-OH is 1. The van der Waals surface area contributed by atoms with Crippen LogP contribution in [0, 0.1) is 17.7 Å². The standard InChI is InChI=1S/C21H29FN2O3/c22-19-7-5-16(6-8-19)15-24(13-14-25)21(27)18-9-11-23(12-10-18)20(26)17-3-1-2-4-17/h5-8,17-18,25H,1-4,9-15H2. The summed E-state index contributed by atoms with van der Waals surface area (Å²) in [6.45, 7) is 1.79. The van der Waals surface area contributed by atoms with Crippen molar-refractivity contribution in [3.8, 4) is 0 Å². The maximum Gasteiger partial charge on any atom is 0.226 e. The zero-order chi connectivity index (χ0) is 19.2. The molecule has 2 amide bonds. The summed E-state index contributed by atoms with van der Waals surface area (Å²) in [7, 11) is 0. The SMILES string of the molecule is O=C(C1CCCC1)N1CCC(C(=O)N(CCO)Cc2ccc(F)cc2)CC1. The van der Waals surface area contributed by atoms with Crippen molar-refractivity contribution in [1.82, 2.24) is 9.80 Å². The van der Waals surface area contributed by atoms with E-state index in [-0.39, 0.29) is 42.6 Å². The third-order valence-electron chi connectivity index (χ3n) is 5.83. The molecule has 1 heterocycles. The van der Waals surface area contributed by atoms with Crippen LogP contribution < -0.4 is 0 Å². The number of carbonyl (C=O) groups is 2. The van der Waals surface area contributed by atoms with Crippen LogP contribution >= 0.6 is 0 Å². The van der Waals surface area contributed by atoms with E-state index in [2.05, 4.69) is 0 Å². The lowest BCUT2D eigenvalue weighted by Gasteiger charge is -2.35. The smallest absolute Gasteiger partial charge is 0.226 e. The fourth-order valence-corrected chi connectivity index (χ4v) is 4.23. The fourth-order valence-electron chi connectivity index (χ4n) is 4.23. The van der Waals surface area contributed by atoms with Gasteiger partial charge in [0.05, 0.1) is 6.61 Å². The lowest BCUT2D eigenvalue weighted by Crippen LogP contribution is -2.46. The highest BCUT2D eigenvalue weighted by Gasteiger charge is 2.33. The highest BCUT2D eigenvalue weighted by molar-refractivity contribution is 5.81. The number of nitrogens with zero attached hydrogens (tertiary/aromatic N) is 2. The highest BCUT2D eigenvalue weighted by Crippen LogP contribution is 2.29. The first-order chi connectivity index (χ1) is 13.1. The van der Waals surface area contributed by atoms with Gasteiger partial charge in [-0.1, -0.05) is 25.0 Å². The Labute approximate surface area is 160 Å². The normalized spacial score (nSPS) is 18.7. The molecule has 0 spiro atoms. The van der Waals surface area contributed by atoms with Crippen LogP contribution in [0.25, 0.3) is 0 Å². The van der Waals surface area contributed by atoms with Crippen molar-refractivity contribution in [2.75, 3.05) is 26.2 Å². The summed E-state index contributed by atoms with van der Waals surface area (Å²) >= 11 is 0. The lowest BCUT2D eigenvalue weighted by atomic mass is 9.93. The molecule has 2 fully saturated rings. The van der Waals surface area contributed by atoms with Gasteiger partial charge in [0.2, 0.25) is 11.8 Å². The van der Waals surface area contributed by atoms with Crippen LogP contribution in [-0.4, -0.2) is 53.0 Å². The maximum atomic E-state index is 13.1. The summed E-state index contributed by atoms with van der Waals surface area (Å²) in [5, 5.41) is 9.34. The average molecular weight is 376 g/mol. The first kappa shape index (κ1) is 19.8. The summed E-state index contributed by atoms with van der Waals surface area (Å²) in [6.07, 6.45) is 5.63. The summed E-state index contributed by atoms with van der Waals surface area (Å²) in [4.78, 5) is 29.1. The minimum atomic E-state index is -0.307. The van der Waals surface area contributed by atoms with Crippen molar-refractivity contribution in [2.45, 2.75) is 45.1 Å². The maximum absolute atomic E-state index is 13.1. The van der Waals surface area contributed by atoms with Gasteiger partial charge in [-0.3, -0.25) is 9.59 Å². The monoisotopic (exact) mass is 376 g/mol. The van der Waals surface area contributed by atoms with Gasteiger partial charge in [0, 0.05) is 38.0 Å². The first-order valence-electron chi connectivity index (χ1n) is 10.0. The third kappa shape index (κ3) is 5.06. The average Bonchev–Trinajstić information content (AvgIpc) is 3.23. The van der Waals surface area contributed by atoms with Crippen molar-refractivity contribution in [3.63, 3.8) is 0 Å². The molecular weight excluding hydrogens is 347 g/mol. The summed E-state index contributed by atoms with van der Waals surface area (Å²) < 4.78 is 13.1. The third-order valence-corrected chi connectivity index (χ3v) is 5.83. The molecule has 6 heteroatoms. The molecule has 0 bridgehead atoms. The van der Waals surface area contributed by atoms with Gasteiger partial charge in [0.1, 0.15) is 5.82 Å². The van der Waals surface area contributed by atoms with Crippen LogP contribution in [0.15, 0.2) is 24.3 Å². The molecule has 148 valence electrons. The number of aliphatic hydroxyl groups is 1. The molecule has 1 aliphatic carbocycles. The number of hydrogen-bond acceptors (Lipinski definition) is 3. The second-order valence-corrected chi connectivity index (χ2v) is 7.69. The molecular formula is C21H29FN2O3. The molecule has 0 unspecified atom stereocenters. The molecule has 1 N–H and O–H groups in total. The Hall–Kier alpha value is -1.95. The van der Waals surface area contributed by atoms with Gasteiger partial charge in [-0.15, -0.1) is 0 Å². The highest BCUT2D eigenvalue weighted by atomic mass is 19.1. The summed E-state index contributed by atoms with van der Waals surface area (Å²) in [5.41, 5.74) is 0.840. The van der Waals surface area contributed by atoms with Gasteiger partial charge in [0.15, 0.2) is 0 Å². The van der Waals surface area contributed by atoms with Crippen molar-refractivity contribution in [3.05, 3.63) is 35.6 Å². The number of carbonyl (C=O) groups excluding carboxylic acids is 2. The van der Waals surface area contributed by atoms with Crippen LogP contribution in [0.5, 0.6) is 0 Å². The van der Waals surface area contributed by atoms with E-state index < -0.39 is 0 Å². The van der Waals surface area contributed by atoms with Crippen LogP contribution in [0.2, 0.25) is 0 Å². The van der Waals surface area contributed by atoms with Gasteiger partial charge in [-0.25, -0.2) is 4.39 Å². The van der Waals surface area contributed by atoms with Crippen molar-refractivity contribution in [1.29, 1.82) is 0 Å². The Morgan fingerprint density at radius 2 is 1.67 bits per heavy atom. The van der Waals surface area contributed by atoms with Gasteiger partial charge >= 0.3 is 0 Å². The number of hydrogen-bond donors (Lipinski definition) is 1. The molecule has 2 aliphatic rings. The van der Waals surface area contributed by atoms with Gasteiger partial charge in [-0.05, 0) is 43.4 Å². The molecule has 1 saturated carbocycles. The molecule has 3 rings (SSSR count).